The van der Waals surface area contributed by atoms with Crippen LogP contribution in [0.5, 0.6) is 11.5 Å². The summed E-state index contributed by atoms with van der Waals surface area (Å²) in [4.78, 5) is 14.0. The number of anilines is 1. The summed E-state index contributed by atoms with van der Waals surface area (Å²) < 4.78 is 19.5. The van der Waals surface area contributed by atoms with E-state index in [1.54, 1.807) is 24.3 Å². The largest absolute Gasteiger partial charge is 0.508 e. The summed E-state index contributed by atoms with van der Waals surface area (Å²) in [6.45, 7) is 0.0480. The topological polar surface area (TPSA) is 49.8 Å². The molecule has 1 N–H and O–H groups in total. The molecule has 1 aliphatic rings. The molecule has 1 amide bonds. The second-order valence-corrected chi connectivity index (χ2v) is 5.18. The molecule has 0 fully saturated rings. The second-order valence-electron chi connectivity index (χ2n) is 5.18. The number of rotatable bonds is 3. The van der Waals surface area contributed by atoms with Crippen LogP contribution in [-0.2, 0) is 11.2 Å². The molecular weight excluding hydrogens is 297 g/mol. The summed E-state index contributed by atoms with van der Waals surface area (Å²) in [6, 6.07) is 10.7. The van der Waals surface area contributed by atoms with Crippen molar-refractivity contribution in [3.63, 3.8) is 0 Å². The van der Waals surface area contributed by atoms with Gasteiger partial charge < -0.3 is 9.84 Å². The Labute approximate surface area is 133 Å². The van der Waals surface area contributed by atoms with E-state index in [4.69, 9.17) is 11.2 Å². The lowest BCUT2D eigenvalue weighted by Gasteiger charge is -2.33. The van der Waals surface area contributed by atoms with Gasteiger partial charge in [-0.25, -0.2) is 4.39 Å². The van der Waals surface area contributed by atoms with E-state index in [0.29, 0.717) is 17.0 Å². The summed E-state index contributed by atoms with van der Waals surface area (Å²) in [5, 5.41) is 9.60. The van der Waals surface area contributed by atoms with Crippen molar-refractivity contribution >= 4 is 11.6 Å². The average molecular weight is 311 g/mol. The SMILES string of the molecule is C#CCN1C(=O)C(Cc2ccccc2F)Oc2ccc(O)cc21. The minimum atomic E-state index is -0.864. The average Bonchev–Trinajstić information content (AvgIpc) is 2.54. The second kappa shape index (κ2) is 6.01. The number of phenolic OH excluding ortho intramolecular Hbond substituents is 1. The number of terminal acetylenes is 1. The predicted molar refractivity (Wildman–Crippen MR) is 83.8 cm³/mol. The van der Waals surface area contributed by atoms with Crippen LogP contribution in [0.4, 0.5) is 10.1 Å². The van der Waals surface area contributed by atoms with Gasteiger partial charge in [-0.15, -0.1) is 6.42 Å². The lowest BCUT2D eigenvalue weighted by molar-refractivity contribution is -0.126. The number of hydrogen-bond acceptors (Lipinski definition) is 3. The highest BCUT2D eigenvalue weighted by Gasteiger charge is 2.34. The number of ether oxygens (including phenoxy) is 1. The maximum atomic E-state index is 13.8. The van der Waals surface area contributed by atoms with Crippen molar-refractivity contribution in [2.24, 2.45) is 0 Å². The van der Waals surface area contributed by atoms with Gasteiger partial charge in [0.2, 0.25) is 0 Å². The fourth-order valence-corrected chi connectivity index (χ4v) is 2.56. The van der Waals surface area contributed by atoms with Crippen molar-refractivity contribution in [3.8, 4) is 23.8 Å². The van der Waals surface area contributed by atoms with Crippen LogP contribution in [0.3, 0.4) is 0 Å². The van der Waals surface area contributed by atoms with E-state index >= 15 is 0 Å². The van der Waals surface area contributed by atoms with E-state index in [2.05, 4.69) is 5.92 Å². The highest BCUT2D eigenvalue weighted by atomic mass is 19.1. The number of carbonyl (C=O) groups is 1. The van der Waals surface area contributed by atoms with E-state index < -0.39 is 6.10 Å². The Morgan fingerprint density at radius 2 is 2.09 bits per heavy atom. The molecule has 1 heterocycles. The summed E-state index contributed by atoms with van der Waals surface area (Å²) in [7, 11) is 0. The molecule has 2 aromatic rings. The molecule has 0 saturated carbocycles. The number of amides is 1. The van der Waals surface area contributed by atoms with Gasteiger partial charge in [-0.05, 0) is 23.8 Å². The smallest absolute Gasteiger partial charge is 0.269 e. The molecule has 0 aromatic heterocycles. The molecule has 2 aromatic carbocycles. The van der Waals surface area contributed by atoms with Crippen LogP contribution in [0, 0.1) is 18.2 Å². The summed E-state index contributed by atoms with van der Waals surface area (Å²) >= 11 is 0. The van der Waals surface area contributed by atoms with Gasteiger partial charge in [0, 0.05) is 12.5 Å². The zero-order chi connectivity index (χ0) is 16.4. The van der Waals surface area contributed by atoms with Crippen LogP contribution >= 0.6 is 0 Å². The van der Waals surface area contributed by atoms with Crippen molar-refractivity contribution in [1.29, 1.82) is 0 Å². The Bertz CT molecular complexity index is 797. The molecule has 0 radical (unpaired) electrons. The van der Waals surface area contributed by atoms with Crippen LogP contribution in [-0.4, -0.2) is 23.7 Å². The highest BCUT2D eigenvalue weighted by Crippen LogP contribution is 2.37. The molecule has 23 heavy (non-hydrogen) atoms. The minimum Gasteiger partial charge on any atom is -0.508 e. The van der Waals surface area contributed by atoms with Gasteiger partial charge >= 0.3 is 0 Å². The molecule has 0 spiro atoms. The Balaban J connectivity index is 1.95. The first kappa shape index (κ1) is 14.9. The first-order valence-corrected chi connectivity index (χ1v) is 7.08. The number of benzene rings is 2. The van der Waals surface area contributed by atoms with Gasteiger partial charge in [0.1, 0.15) is 17.3 Å². The third kappa shape index (κ3) is 2.84. The molecule has 5 heteroatoms. The first-order chi connectivity index (χ1) is 11.1. The number of aromatic hydroxyl groups is 1. The normalized spacial score (nSPS) is 16.4. The van der Waals surface area contributed by atoms with Crippen molar-refractivity contribution in [3.05, 3.63) is 53.8 Å². The summed E-state index contributed by atoms with van der Waals surface area (Å²) in [5.41, 5.74) is 0.812. The Kier molecular flexibility index (Phi) is 3.90. The van der Waals surface area contributed by atoms with E-state index in [9.17, 15) is 14.3 Å². The van der Waals surface area contributed by atoms with Gasteiger partial charge in [-0.2, -0.15) is 0 Å². The Hall–Kier alpha value is -3.00. The van der Waals surface area contributed by atoms with Crippen molar-refractivity contribution in [2.75, 3.05) is 11.4 Å². The van der Waals surface area contributed by atoms with Crippen molar-refractivity contribution in [1.82, 2.24) is 0 Å². The number of halogens is 1. The van der Waals surface area contributed by atoms with Gasteiger partial charge in [0.05, 0.1) is 12.2 Å². The molecule has 0 bridgehead atoms. The van der Waals surface area contributed by atoms with E-state index in [-0.39, 0.29) is 30.4 Å². The van der Waals surface area contributed by atoms with E-state index in [1.807, 2.05) is 0 Å². The molecule has 0 aliphatic carbocycles. The number of carbonyl (C=O) groups excluding carboxylic acids is 1. The monoisotopic (exact) mass is 311 g/mol. The minimum absolute atomic E-state index is 0.00900. The van der Waals surface area contributed by atoms with Gasteiger partial charge in [-0.3, -0.25) is 9.69 Å². The quantitative estimate of drug-likeness (QED) is 0.886. The summed E-state index contributed by atoms with van der Waals surface area (Å²) in [6.07, 6.45) is 4.57. The molecular formula is C18H14FNO3. The maximum Gasteiger partial charge on any atom is 0.269 e. The Morgan fingerprint density at radius 3 is 2.83 bits per heavy atom. The van der Waals surface area contributed by atoms with Crippen LogP contribution < -0.4 is 9.64 Å². The third-order valence-corrected chi connectivity index (χ3v) is 3.66. The van der Waals surface area contributed by atoms with Crippen LogP contribution in [0.1, 0.15) is 5.56 Å². The maximum absolute atomic E-state index is 13.8. The first-order valence-electron chi connectivity index (χ1n) is 7.08. The number of fused-ring (bicyclic) bond motifs is 1. The van der Waals surface area contributed by atoms with E-state index in [1.165, 1.54) is 23.1 Å². The van der Waals surface area contributed by atoms with Crippen molar-refractivity contribution < 1.29 is 19.0 Å². The van der Waals surface area contributed by atoms with E-state index in [0.717, 1.165) is 0 Å². The highest BCUT2D eigenvalue weighted by molar-refractivity contribution is 6.00. The lowest BCUT2D eigenvalue weighted by Crippen LogP contribution is -2.47. The molecule has 3 rings (SSSR count). The number of phenols is 1. The van der Waals surface area contributed by atoms with Crippen LogP contribution in [0.2, 0.25) is 0 Å². The van der Waals surface area contributed by atoms with Crippen LogP contribution in [0.15, 0.2) is 42.5 Å². The number of nitrogens with zero attached hydrogens (tertiary/aromatic N) is 1. The molecule has 1 unspecified atom stereocenters. The Morgan fingerprint density at radius 1 is 1.30 bits per heavy atom. The fourth-order valence-electron chi connectivity index (χ4n) is 2.56. The molecule has 1 atom stereocenters. The summed E-state index contributed by atoms with van der Waals surface area (Å²) in [5.74, 6) is 2.11. The molecule has 4 nitrogen and oxygen atoms in total. The standard InChI is InChI=1S/C18H14FNO3/c1-2-9-20-15-11-13(21)7-8-16(15)23-17(18(20)22)10-12-5-3-4-6-14(12)19/h1,3-8,11,17,21H,9-10H2. The van der Waals surface area contributed by atoms with Gasteiger partial charge in [-0.1, -0.05) is 24.1 Å². The molecule has 1 aliphatic heterocycles. The zero-order valence-electron chi connectivity index (χ0n) is 12.2. The van der Waals surface area contributed by atoms with Crippen LogP contribution in [0.25, 0.3) is 0 Å². The molecule has 0 saturated heterocycles. The zero-order valence-corrected chi connectivity index (χ0v) is 12.2. The molecule has 116 valence electrons. The third-order valence-electron chi connectivity index (χ3n) is 3.66. The van der Waals surface area contributed by atoms with Crippen molar-refractivity contribution in [2.45, 2.75) is 12.5 Å². The number of hydrogen-bond donors (Lipinski definition) is 1. The van der Waals surface area contributed by atoms with Gasteiger partial charge in [0.25, 0.3) is 5.91 Å². The fraction of sp³-hybridized carbons (Fsp3) is 0.167. The van der Waals surface area contributed by atoms with Gasteiger partial charge in [0.15, 0.2) is 6.10 Å². The lowest BCUT2D eigenvalue weighted by atomic mass is 10.0. The predicted octanol–water partition coefficient (Wildman–Crippen LogP) is 2.50.